The van der Waals surface area contributed by atoms with Crippen molar-refractivity contribution in [3.63, 3.8) is 0 Å². The molecule has 2 rings (SSSR count). The Kier molecular flexibility index (Phi) is 7.36. The van der Waals surface area contributed by atoms with E-state index in [1.807, 2.05) is 62.4 Å². The number of anilines is 2. The maximum atomic E-state index is 12.4. The summed E-state index contributed by atoms with van der Waals surface area (Å²) in [7, 11) is 0. The van der Waals surface area contributed by atoms with Crippen molar-refractivity contribution in [2.75, 3.05) is 30.3 Å². The second-order valence-corrected chi connectivity index (χ2v) is 6.58. The SMILES string of the molecule is CCC[NH+](CC(=O)Nc1ccccc1C)CC(=O)Nc1ccccc1C. The molecule has 0 radical (unpaired) electrons. The molecule has 0 atom stereocenters. The summed E-state index contributed by atoms with van der Waals surface area (Å²) in [5.41, 5.74) is 3.68. The summed E-state index contributed by atoms with van der Waals surface area (Å²) in [6.45, 7) is 7.28. The smallest absolute Gasteiger partial charge is 0.279 e. The van der Waals surface area contributed by atoms with Crippen molar-refractivity contribution in [1.82, 2.24) is 0 Å². The van der Waals surface area contributed by atoms with E-state index in [0.29, 0.717) is 0 Å². The molecule has 0 aliphatic heterocycles. The van der Waals surface area contributed by atoms with Crippen molar-refractivity contribution in [1.29, 1.82) is 0 Å². The molecule has 0 aliphatic rings. The first-order chi connectivity index (χ1) is 12.5. The van der Waals surface area contributed by atoms with Crippen molar-refractivity contribution in [3.05, 3.63) is 59.7 Å². The lowest BCUT2D eigenvalue weighted by Gasteiger charge is -2.19. The number of nitrogens with one attached hydrogen (secondary N) is 3. The first kappa shape index (κ1) is 19.7. The van der Waals surface area contributed by atoms with E-state index in [-0.39, 0.29) is 24.9 Å². The topological polar surface area (TPSA) is 62.6 Å². The van der Waals surface area contributed by atoms with Gasteiger partial charge in [0.25, 0.3) is 11.8 Å². The number of hydrogen-bond acceptors (Lipinski definition) is 2. The molecule has 0 fully saturated rings. The molecule has 0 heterocycles. The molecule has 0 saturated carbocycles. The molecule has 0 spiro atoms. The van der Waals surface area contributed by atoms with Crippen LogP contribution in [0.3, 0.4) is 0 Å². The van der Waals surface area contributed by atoms with Crippen molar-refractivity contribution >= 4 is 23.2 Å². The van der Waals surface area contributed by atoms with Crippen LogP contribution >= 0.6 is 0 Å². The third kappa shape index (κ3) is 6.01. The Morgan fingerprint density at radius 2 is 1.23 bits per heavy atom. The summed E-state index contributed by atoms with van der Waals surface area (Å²) in [5.74, 6) is -0.155. The van der Waals surface area contributed by atoms with Crippen LogP contribution in [0.1, 0.15) is 24.5 Å². The molecule has 26 heavy (non-hydrogen) atoms. The number of benzene rings is 2. The Bertz CT molecular complexity index is 697. The summed E-state index contributed by atoms with van der Waals surface area (Å²) in [6.07, 6.45) is 0.907. The van der Waals surface area contributed by atoms with E-state index >= 15 is 0 Å². The van der Waals surface area contributed by atoms with Crippen LogP contribution in [0.2, 0.25) is 0 Å². The van der Waals surface area contributed by atoms with Crippen LogP contribution < -0.4 is 15.5 Å². The molecule has 0 saturated heterocycles. The van der Waals surface area contributed by atoms with Crippen molar-refractivity contribution < 1.29 is 14.5 Å². The van der Waals surface area contributed by atoms with Crippen molar-refractivity contribution in [3.8, 4) is 0 Å². The van der Waals surface area contributed by atoms with Gasteiger partial charge in [-0.1, -0.05) is 43.3 Å². The highest BCUT2D eigenvalue weighted by Crippen LogP contribution is 2.13. The number of carbonyl (C=O) groups excluding carboxylic acids is 2. The fraction of sp³-hybridized carbons (Fsp3) is 0.333. The largest absolute Gasteiger partial charge is 0.321 e. The molecule has 2 amide bonds. The standard InChI is InChI=1S/C21H27N3O2/c1-4-13-24(14-20(25)22-18-11-7-5-9-16(18)2)15-21(26)23-19-12-8-6-10-17(19)3/h5-12H,4,13-15H2,1-3H3,(H,22,25)(H,23,26)/p+1. The van der Waals surface area contributed by atoms with Gasteiger partial charge in [0.1, 0.15) is 0 Å². The molecular weight excluding hydrogens is 326 g/mol. The van der Waals surface area contributed by atoms with E-state index in [9.17, 15) is 9.59 Å². The molecule has 5 nitrogen and oxygen atoms in total. The lowest BCUT2D eigenvalue weighted by Crippen LogP contribution is -3.14. The summed E-state index contributed by atoms with van der Waals surface area (Å²) in [6, 6.07) is 15.4. The fourth-order valence-electron chi connectivity index (χ4n) is 2.86. The lowest BCUT2D eigenvalue weighted by atomic mass is 10.2. The van der Waals surface area contributed by atoms with Gasteiger partial charge in [-0.25, -0.2) is 0 Å². The van der Waals surface area contributed by atoms with Gasteiger partial charge in [0.05, 0.1) is 6.54 Å². The van der Waals surface area contributed by atoms with E-state index < -0.39 is 0 Å². The number of rotatable bonds is 8. The van der Waals surface area contributed by atoms with Gasteiger partial charge in [-0.05, 0) is 43.5 Å². The minimum Gasteiger partial charge on any atom is -0.321 e. The van der Waals surface area contributed by atoms with Crippen LogP contribution in [-0.2, 0) is 9.59 Å². The third-order valence-electron chi connectivity index (χ3n) is 4.26. The minimum atomic E-state index is -0.0774. The van der Waals surface area contributed by atoms with E-state index in [2.05, 4.69) is 17.6 Å². The zero-order chi connectivity index (χ0) is 18.9. The number of para-hydroxylation sites is 2. The highest BCUT2D eigenvalue weighted by Gasteiger charge is 2.18. The number of quaternary nitrogens is 1. The first-order valence-electron chi connectivity index (χ1n) is 9.04. The molecule has 3 N–H and O–H groups in total. The average Bonchev–Trinajstić information content (AvgIpc) is 2.59. The highest BCUT2D eigenvalue weighted by molar-refractivity contribution is 5.93. The van der Waals surface area contributed by atoms with Gasteiger partial charge in [0.15, 0.2) is 13.1 Å². The zero-order valence-corrected chi connectivity index (χ0v) is 15.8. The van der Waals surface area contributed by atoms with Gasteiger partial charge in [0.2, 0.25) is 0 Å². The third-order valence-corrected chi connectivity index (χ3v) is 4.26. The Labute approximate surface area is 155 Å². The van der Waals surface area contributed by atoms with Crippen LogP contribution in [0.5, 0.6) is 0 Å². The second kappa shape index (κ2) is 9.73. The summed E-state index contributed by atoms with van der Waals surface area (Å²) in [5, 5.41) is 5.88. The molecule has 2 aromatic carbocycles. The molecule has 0 aromatic heterocycles. The monoisotopic (exact) mass is 354 g/mol. The Balaban J connectivity index is 1.93. The van der Waals surface area contributed by atoms with Gasteiger partial charge in [-0.15, -0.1) is 0 Å². The fourth-order valence-corrected chi connectivity index (χ4v) is 2.86. The molecule has 0 unspecified atom stereocenters. The normalized spacial score (nSPS) is 10.6. The van der Waals surface area contributed by atoms with Gasteiger partial charge in [0, 0.05) is 11.4 Å². The number of carbonyl (C=O) groups is 2. The predicted octanol–water partition coefficient (Wildman–Crippen LogP) is 2.18. The van der Waals surface area contributed by atoms with Crippen LogP contribution in [0.4, 0.5) is 11.4 Å². The van der Waals surface area contributed by atoms with Gasteiger partial charge in [-0.3, -0.25) is 9.59 Å². The van der Waals surface area contributed by atoms with Crippen molar-refractivity contribution in [2.45, 2.75) is 27.2 Å². The van der Waals surface area contributed by atoms with E-state index in [1.165, 1.54) is 0 Å². The second-order valence-electron chi connectivity index (χ2n) is 6.58. The van der Waals surface area contributed by atoms with Crippen LogP contribution in [0, 0.1) is 13.8 Å². The van der Waals surface area contributed by atoms with Gasteiger partial charge in [-0.2, -0.15) is 0 Å². The van der Waals surface area contributed by atoms with Crippen LogP contribution in [0.25, 0.3) is 0 Å². The first-order valence-corrected chi connectivity index (χ1v) is 9.04. The number of amides is 2. The lowest BCUT2D eigenvalue weighted by molar-refractivity contribution is -0.883. The number of aryl methyl sites for hydroxylation is 2. The molecular formula is C21H28N3O2+. The average molecular weight is 354 g/mol. The molecule has 138 valence electrons. The van der Waals surface area contributed by atoms with E-state index in [0.717, 1.165) is 40.4 Å². The Morgan fingerprint density at radius 1 is 0.808 bits per heavy atom. The zero-order valence-electron chi connectivity index (χ0n) is 15.8. The van der Waals surface area contributed by atoms with E-state index in [4.69, 9.17) is 0 Å². The Hall–Kier alpha value is -2.66. The van der Waals surface area contributed by atoms with Gasteiger partial charge >= 0.3 is 0 Å². The van der Waals surface area contributed by atoms with Crippen LogP contribution in [-0.4, -0.2) is 31.4 Å². The number of hydrogen-bond donors (Lipinski definition) is 3. The quantitative estimate of drug-likeness (QED) is 0.680. The summed E-state index contributed by atoms with van der Waals surface area (Å²) in [4.78, 5) is 25.7. The van der Waals surface area contributed by atoms with Crippen molar-refractivity contribution in [2.24, 2.45) is 0 Å². The molecule has 5 heteroatoms. The summed E-state index contributed by atoms with van der Waals surface area (Å²) < 4.78 is 0. The molecule has 0 aliphatic carbocycles. The highest BCUT2D eigenvalue weighted by atomic mass is 16.2. The summed E-state index contributed by atoms with van der Waals surface area (Å²) >= 11 is 0. The van der Waals surface area contributed by atoms with E-state index in [1.54, 1.807) is 0 Å². The maximum Gasteiger partial charge on any atom is 0.279 e. The Morgan fingerprint density at radius 3 is 1.62 bits per heavy atom. The predicted molar refractivity (Wildman–Crippen MR) is 105 cm³/mol. The molecule has 0 bridgehead atoms. The molecule has 2 aromatic rings. The minimum absolute atomic E-state index is 0.0774. The van der Waals surface area contributed by atoms with Crippen LogP contribution in [0.15, 0.2) is 48.5 Å². The van der Waals surface area contributed by atoms with Gasteiger partial charge < -0.3 is 15.5 Å². The maximum absolute atomic E-state index is 12.4.